The van der Waals surface area contributed by atoms with Crippen LogP contribution in [-0.4, -0.2) is 14.2 Å². The average molecular weight is 421 g/mol. The number of ether oxygens (including phenoxy) is 2. The summed E-state index contributed by atoms with van der Waals surface area (Å²) < 4.78 is 11.5. The number of hydrogen-bond donors (Lipinski definition) is 0. The second kappa shape index (κ2) is 6.83. The van der Waals surface area contributed by atoms with Gasteiger partial charge in [-0.15, -0.1) is 0 Å². The molecule has 1 unspecified atom stereocenters. The first kappa shape index (κ1) is 15.7. The first-order valence-electron chi connectivity index (χ1n) is 5.87. The van der Waals surface area contributed by atoms with Gasteiger partial charge in [0.25, 0.3) is 0 Å². The van der Waals surface area contributed by atoms with Crippen LogP contribution in [0.5, 0.6) is 11.5 Å². The summed E-state index contributed by atoms with van der Waals surface area (Å²) in [6.45, 7) is 0. The van der Waals surface area contributed by atoms with Gasteiger partial charge >= 0.3 is 0 Å². The van der Waals surface area contributed by atoms with E-state index < -0.39 is 0 Å². The molecule has 0 heterocycles. The van der Waals surface area contributed by atoms with Gasteiger partial charge in [0.05, 0.1) is 19.0 Å². The van der Waals surface area contributed by atoms with Crippen molar-refractivity contribution in [3.8, 4) is 11.5 Å². The van der Waals surface area contributed by atoms with Crippen molar-refractivity contribution in [1.82, 2.24) is 0 Å². The van der Waals surface area contributed by atoms with Gasteiger partial charge in [0, 0.05) is 9.50 Å². The van der Waals surface area contributed by atoms with Crippen molar-refractivity contribution in [3.05, 3.63) is 57.0 Å². The van der Waals surface area contributed by atoms with Crippen LogP contribution in [0.4, 0.5) is 0 Å². The summed E-state index contributed by atoms with van der Waals surface area (Å²) in [5.41, 5.74) is 2.17. The molecule has 0 amide bonds. The summed E-state index contributed by atoms with van der Waals surface area (Å²) >= 11 is 13.2. The molecule has 2 rings (SSSR count). The lowest BCUT2D eigenvalue weighted by molar-refractivity contribution is 0.354. The molecule has 2 aromatic carbocycles. The maximum Gasteiger partial charge on any atom is 0.161 e. The first-order valence-corrected chi connectivity index (χ1v) is 7.96. The number of alkyl halides is 1. The molecule has 2 aromatic rings. The van der Waals surface area contributed by atoms with Crippen LogP contribution >= 0.6 is 43.5 Å². The van der Waals surface area contributed by atoms with Crippen molar-refractivity contribution in [2.75, 3.05) is 14.2 Å². The standard InChI is InChI=1S/C15H13Br2ClO2/c1-19-13-6-3-9(7-14(13)20-2)15(17)11-5-4-10(18)8-12(11)16/h3-8,15H,1-2H3. The summed E-state index contributed by atoms with van der Waals surface area (Å²) in [7, 11) is 3.25. The van der Waals surface area contributed by atoms with Crippen LogP contribution in [0.15, 0.2) is 40.9 Å². The van der Waals surface area contributed by atoms with E-state index in [-0.39, 0.29) is 4.83 Å². The fourth-order valence-electron chi connectivity index (χ4n) is 1.90. The van der Waals surface area contributed by atoms with E-state index in [9.17, 15) is 0 Å². The minimum atomic E-state index is 0.0361. The van der Waals surface area contributed by atoms with Crippen molar-refractivity contribution >= 4 is 43.5 Å². The number of halogens is 3. The Morgan fingerprint density at radius 3 is 2.30 bits per heavy atom. The van der Waals surface area contributed by atoms with E-state index in [4.69, 9.17) is 21.1 Å². The Hall–Kier alpha value is -0.710. The van der Waals surface area contributed by atoms with Gasteiger partial charge in [0.1, 0.15) is 0 Å². The predicted molar refractivity (Wildman–Crippen MR) is 89.5 cm³/mol. The lowest BCUT2D eigenvalue weighted by atomic mass is 10.0. The number of benzene rings is 2. The van der Waals surface area contributed by atoms with Crippen LogP contribution in [0.3, 0.4) is 0 Å². The van der Waals surface area contributed by atoms with E-state index >= 15 is 0 Å². The second-order valence-corrected chi connectivity index (χ2v) is 6.35. The van der Waals surface area contributed by atoms with Gasteiger partial charge < -0.3 is 9.47 Å². The quantitative estimate of drug-likeness (QED) is 0.599. The fraction of sp³-hybridized carbons (Fsp3) is 0.200. The third-order valence-corrected chi connectivity index (χ3v) is 4.88. The maximum absolute atomic E-state index is 5.97. The molecule has 0 spiro atoms. The van der Waals surface area contributed by atoms with Crippen molar-refractivity contribution in [3.63, 3.8) is 0 Å². The van der Waals surface area contributed by atoms with E-state index in [0.29, 0.717) is 16.5 Å². The summed E-state index contributed by atoms with van der Waals surface area (Å²) in [5.74, 6) is 1.42. The lowest BCUT2D eigenvalue weighted by Gasteiger charge is -2.15. The molecule has 0 fully saturated rings. The fourth-order valence-corrected chi connectivity index (χ4v) is 3.80. The summed E-state index contributed by atoms with van der Waals surface area (Å²) in [6, 6.07) is 11.6. The molecule has 0 aliphatic rings. The van der Waals surface area contributed by atoms with Crippen molar-refractivity contribution in [2.24, 2.45) is 0 Å². The zero-order valence-electron chi connectivity index (χ0n) is 11.0. The van der Waals surface area contributed by atoms with Crippen molar-refractivity contribution < 1.29 is 9.47 Å². The summed E-state index contributed by atoms with van der Waals surface area (Å²) in [5, 5.41) is 0.702. The van der Waals surface area contributed by atoms with Gasteiger partial charge in [-0.05, 0) is 35.4 Å². The topological polar surface area (TPSA) is 18.5 Å². The Morgan fingerprint density at radius 2 is 1.70 bits per heavy atom. The van der Waals surface area contributed by atoms with Gasteiger partial charge in [0.2, 0.25) is 0 Å². The first-order chi connectivity index (χ1) is 9.56. The molecule has 5 heteroatoms. The Bertz CT molecular complexity index is 617. The van der Waals surface area contributed by atoms with Gasteiger partial charge in [-0.3, -0.25) is 0 Å². The molecule has 0 aliphatic carbocycles. The highest BCUT2D eigenvalue weighted by Crippen LogP contribution is 2.39. The monoisotopic (exact) mass is 418 g/mol. The van der Waals surface area contributed by atoms with E-state index in [0.717, 1.165) is 15.6 Å². The lowest BCUT2D eigenvalue weighted by Crippen LogP contribution is -1.97. The number of hydrogen-bond acceptors (Lipinski definition) is 2. The third-order valence-electron chi connectivity index (χ3n) is 2.94. The van der Waals surface area contributed by atoms with E-state index in [1.807, 2.05) is 36.4 Å². The van der Waals surface area contributed by atoms with Crippen LogP contribution in [0.25, 0.3) is 0 Å². The molecule has 0 saturated heterocycles. The Labute approximate surface area is 140 Å². The van der Waals surface area contributed by atoms with Crippen LogP contribution in [0, 0.1) is 0 Å². The largest absolute Gasteiger partial charge is 0.493 e. The molecule has 0 saturated carbocycles. The van der Waals surface area contributed by atoms with Crippen molar-refractivity contribution in [2.45, 2.75) is 4.83 Å². The Balaban J connectivity index is 2.40. The van der Waals surface area contributed by atoms with Gasteiger partial charge in [-0.25, -0.2) is 0 Å². The predicted octanol–water partition coefficient (Wildman–Crippen LogP) is 5.60. The highest BCUT2D eigenvalue weighted by atomic mass is 79.9. The Morgan fingerprint density at radius 1 is 1.00 bits per heavy atom. The second-order valence-electron chi connectivity index (χ2n) is 4.14. The van der Waals surface area contributed by atoms with E-state index in [1.165, 1.54) is 0 Å². The zero-order valence-corrected chi connectivity index (χ0v) is 14.9. The minimum Gasteiger partial charge on any atom is -0.493 e. The van der Waals surface area contributed by atoms with E-state index in [1.54, 1.807) is 14.2 Å². The molecular formula is C15H13Br2ClO2. The summed E-state index contributed by atoms with van der Waals surface area (Å²) in [6.07, 6.45) is 0. The molecule has 106 valence electrons. The zero-order chi connectivity index (χ0) is 14.7. The highest BCUT2D eigenvalue weighted by Gasteiger charge is 2.16. The highest BCUT2D eigenvalue weighted by molar-refractivity contribution is 9.11. The SMILES string of the molecule is COc1ccc(C(Br)c2ccc(Cl)cc2Br)cc1OC. The van der Waals surface area contributed by atoms with Crippen LogP contribution in [0.2, 0.25) is 5.02 Å². The van der Waals surface area contributed by atoms with Gasteiger partial charge in [-0.2, -0.15) is 0 Å². The molecule has 0 N–H and O–H groups in total. The number of rotatable bonds is 4. The molecule has 1 atom stereocenters. The van der Waals surface area contributed by atoms with E-state index in [2.05, 4.69) is 31.9 Å². The normalized spacial score (nSPS) is 12.1. The number of methoxy groups -OCH3 is 2. The molecule has 0 aromatic heterocycles. The van der Waals surface area contributed by atoms with Crippen molar-refractivity contribution in [1.29, 1.82) is 0 Å². The maximum atomic E-state index is 5.97. The van der Waals surface area contributed by atoms with Crippen LogP contribution in [-0.2, 0) is 0 Å². The average Bonchev–Trinajstić information content (AvgIpc) is 2.45. The van der Waals surface area contributed by atoms with Gasteiger partial charge in [-0.1, -0.05) is 55.6 Å². The molecule has 20 heavy (non-hydrogen) atoms. The van der Waals surface area contributed by atoms with Gasteiger partial charge in [0.15, 0.2) is 11.5 Å². The smallest absolute Gasteiger partial charge is 0.161 e. The molecular weight excluding hydrogens is 407 g/mol. The summed E-state index contributed by atoms with van der Waals surface area (Å²) in [4.78, 5) is 0.0361. The molecule has 0 aliphatic heterocycles. The molecule has 2 nitrogen and oxygen atoms in total. The third kappa shape index (κ3) is 3.30. The molecule has 0 radical (unpaired) electrons. The van der Waals surface area contributed by atoms with Crippen LogP contribution in [0.1, 0.15) is 16.0 Å². The minimum absolute atomic E-state index is 0.0361. The molecule has 0 bridgehead atoms. The van der Waals surface area contributed by atoms with Crippen LogP contribution < -0.4 is 9.47 Å². The Kier molecular flexibility index (Phi) is 5.35.